The molecule has 0 saturated carbocycles. The molecule has 1 aromatic heterocycles. The molecule has 3 aromatic rings. The Labute approximate surface area is 179 Å². The van der Waals surface area contributed by atoms with Gasteiger partial charge in [-0.1, -0.05) is 48.5 Å². The first-order valence-corrected chi connectivity index (χ1v) is 10.9. The van der Waals surface area contributed by atoms with Crippen LogP contribution in [0.1, 0.15) is 25.8 Å². The average Bonchev–Trinajstić information content (AvgIpc) is 3.19. The van der Waals surface area contributed by atoms with Crippen molar-refractivity contribution in [1.82, 2.24) is 19.6 Å². The Morgan fingerprint density at radius 1 is 1.00 bits per heavy atom. The fourth-order valence-corrected chi connectivity index (χ4v) is 4.48. The zero-order valence-electron chi connectivity index (χ0n) is 18.0. The maximum atomic E-state index is 9.56. The average molecular weight is 405 g/mol. The van der Waals surface area contributed by atoms with E-state index in [0.29, 0.717) is 12.1 Å². The van der Waals surface area contributed by atoms with Crippen LogP contribution in [0.3, 0.4) is 0 Å². The Morgan fingerprint density at radius 3 is 2.37 bits per heavy atom. The molecular weight excluding hydrogens is 372 g/mol. The molecule has 0 radical (unpaired) electrons. The van der Waals surface area contributed by atoms with E-state index in [0.717, 1.165) is 49.5 Å². The molecule has 4 rings (SSSR count). The van der Waals surface area contributed by atoms with Gasteiger partial charge < -0.3 is 5.11 Å². The van der Waals surface area contributed by atoms with Crippen molar-refractivity contribution in [2.45, 2.75) is 38.9 Å². The van der Waals surface area contributed by atoms with Gasteiger partial charge in [-0.15, -0.1) is 0 Å². The highest BCUT2D eigenvalue weighted by Crippen LogP contribution is 2.26. The lowest BCUT2D eigenvalue weighted by molar-refractivity contribution is 0.0350. The molecule has 0 spiro atoms. The molecule has 2 aromatic carbocycles. The van der Waals surface area contributed by atoms with Gasteiger partial charge in [-0.3, -0.25) is 9.80 Å². The van der Waals surface area contributed by atoms with Crippen molar-refractivity contribution >= 4 is 0 Å². The minimum atomic E-state index is 0.239. The van der Waals surface area contributed by atoms with E-state index in [2.05, 4.69) is 66.2 Å². The molecule has 1 aliphatic rings. The molecule has 30 heavy (non-hydrogen) atoms. The first kappa shape index (κ1) is 20.8. The summed E-state index contributed by atoms with van der Waals surface area (Å²) in [5.41, 5.74) is 4.51. The number of piperazine rings is 1. The minimum absolute atomic E-state index is 0.239. The molecule has 0 bridgehead atoms. The molecule has 0 aliphatic carbocycles. The van der Waals surface area contributed by atoms with Gasteiger partial charge in [0.05, 0.1) is 11.4 Å². The first-order chi connectivity index (χ1) is 14.7. The lowest BCUT2D eigenvalue weighted by Crippen LogP contribution is -2.55. The molecule has 1 N–H and O–H groups in total. The zero-order valence-corrected chi connectivity index (χ0v) is 18.0. The van der Waals surface area contributed by atoms with Crippen LogP contribution in [-0.2, 0) is 6.54 Å². The summed E-state index contributed by atoms with van der Waals surface area (Å²) in [4.78, 5) is 5.04. The van der Waals surface area contributed by atoms with Crippen LogP contribution in [0.15, 0.2) is 66.9 Å². The van der Waals surface area contributed by atoms with Gasteiger partial charge in [0.15, 0.2) is 0 Å². The number of hydrogen-bond donors (Lipinski definition) is 1. The van der Waals surface area contributed by atoms with Crippen LogP contribution in [0.25, 0.3) is 16.9 Å². The van der Waals surface area contributed by atoms with E-state index in [4.69, 9.17) is 5.10 Å². The topological polar surface area (TPSA) is 44.5 Å². The van der Waals surface area contributed by atoms with E-state index >= 15 is 0 Å². The van der Waals surface area contributed by atoms with Crippen LogP contribution < -0.4 is 0 Å². The highest BCUT2D eigenvalue weighted by Gasteiger charge is 2.29. The van der Waals surface area contributed by atoms with Crippen LogP contribution >= 0.6 is 0 Å². The van der Waals surface area contributed by atoms with Gasteiger partial charge in [0, 0.05) is 62.2 Å². The smallest absolute Gasteiger partial charge is 0.0972 e. The van der Waals surface area contributed by atoms with E-state index in [1.54, 1.807) is 0 Å². The molecule has 5 nitrogen and oxygen atoms in total. The Bertz CT molecular complexity index is 923. The van der Waals surface area contributed by atoms with Crippen LogP contribution in [0.4, 0.5) is 0 Å². The number of aromatic nitrogens is 2. The number of aliphatic hydroxyl groups is 1. The maximum Gasteiger partial charge on any atom is 0.0972 e. The van der Waals surface area contributed by atoms with E-state index in [9.17, 15) is 5.11 Å². The summed E-state index contributed by atoms with van der Waals surface area (Å²) >= 11 is 0. The summed E-state index contributed by atoms with van der Waals surface area (Å²) in [5.74, 6) is 0. The largest absolute Gasteiger partial charge is 0.396 e. The Morgan fingerprint density at radius 2 is 1.70 bits per heavy atom. The maximum absolute atomic E-state index is 9.56. The van der Waals surface area contributed by atoms with Gasteiger partial charge in [-0.2, -0.15) is 5.10 Å². The molecule has 1 atom stereocenters. The van der Waals surface area contributed by atoms with E-state index in [-0.39, 0.29) is 6.61 Å². The van der Waals surface area contributed by atoms with Crippen LogP contribution in [0, 0.1) is 0 Å². The molecule has 158 valence electrons. The minimum Gasteiger partial charge on any atom is -0.396 e. The Balaban J connectivity index is 1.61. The van der Waals surface area contributed by atoms with Gasteiger partial charge in [0.1, 0.15) is 0 Å². The van der Waals surface area contributed by atoms with Gasteiger partial charge in [0.2, 0.25) is 0 Å². The lowest BCUT2D eigenvalue weighted by atomic mass is 10.0. The molecule has 2 heterocycles. The van der Waals surface area contributed by atoms with E-state index in [1.807, 2.05) is 28.9 Å². The quantitative estimate of drug-likeness (QED) is 0.650. The third-order valence-corrected chi connectivity index (χ3v) is 5.99. The van der Waals surface area contributed by atoms with Crippen molar-refractivity contribution in [3.05, 3.63) is 72.4 Å². The van der Waals surface area contributed by atoms with Crippen molar-refractivity contribution in [1.29, 1.82) is 0 Å². The molecule has 1 saturated heterocycles. The molecule has 1 fully saturated rings. The van der Waals surface area contributed by atoms with Crippen molar-refractivity contribution in [2.24, 2.45) is 0 Å². The van der Waals surface area contributed by atoms with Crippen molar-refractivity contribution in [3.8, 4) is 16.9 Å². The van der Waals surface area contributed by atoms with Crippen molar-refractivity contribution in [2.75, 3.05) is 26.2 Å². The SMILES string of the molecule is CC(C)N1CCN(Cc2cn(-c3ccccc3)nc2-c2ccccc2)C[C@@H]1CCO. The predicted molar refractivity (Wildman–Crippen MR) is 122 cm³/mol. The van der Waals surface area contributed by atoms with Crippen LogP contribution in [-0.4, -0.2) is 63.0 Å². The summed E-state index contributed by atoms with van der Waals surface area (Å²) in [7, 11) is 0. The summed E-state index contributed by atoms with van der Waals surface area (Å²) in [6.07, 6.45) is 3.00. The third kappa shape index (κ3) is 4.64. The number of aliphatic hydroxyl groups excluding tert-OH is 1. The van der Waals surface area contributed by atoms with Crippen LogP contribution in [0.2, 0.25) is 0 Å². The number of hydrogen-bond acceptors (Lipinski definition) is 4. The van der Waals surface area contributed by atoms with Gasteiger partial charge >= 0.3 is 0 Å². The van der Waals surface area contributed by atoms with Crippen LogP contribution in [0.5, 0.6) is 0 Å². The van der Waals surface area contributed by atoms with Crippen molar-refractivity contribution < 1.29 is 5.11 Å². The second-order valence-electron chi connectivity index (χ2n) is 8.38. The number of para-hydroxylation sites is 1. The highest BCUT2D eigenvalue weighted by atomic mass is 16.3. The summed E-state index contributed by atoms with van der Waals surface area (Å²) in [6, 6.07) is 21.6. The third-order valence-electron chi connectivity index (χ3n) is 5.99. The van der Waals surface area contributed by atoms with Crippen molar-refractivity contribution in [3.63, 3.8) is 0 Å². The Hall–Kier alpha value is -2.47. The second-order valence-corrected chi connectivity index (χ2v) is 8.38. The normalized spacial score (nSPS) is 18.2. The molecule has 1 aliphatic heterocycles. The monoisotopic (exact) mass is 404 g/mol. The van der Waals surface area contributed by atoms with Gasteiger partial charge in [-0.05, 0) is 32.4 Å². The van der Waals surface area contributed by atoms with Gasteiger partial charge in [0.25, 0.3) is 0 Å². The summed E-state index contributed by atoms with van der Waals surface area (Å²) in [5, 5.41) is 14.5. The molecule has 0 unspecified atom stereocenters. The van der Waals surface area contributed by atoms with Gasteiger partial charge in [-0.25, -0.2) is 4.68 Å². The van der Waals surface area contributed by atoms with E-state index < -0.39 is 0 Å². The fourth-order valence-electron chi connectivity index (χ4n) is 4.48. The highest BCUT2D eigenvalue weighted by molar-refractivity contribution is 5.63. The predicted octanol–water partition coefficient (Wildman–Crippen LogP) is 3.82. The number of rotatable bonds is 7. The standard InChI is InChI=1S/C25H32N4O/c1-20(2)28-15-14-27(19-24(28)13-16-30)17-22-18-29(23-11-7-4-8-12-23)26-25(22)21-9-5-3-6-10-21/h3-12,18,20,24,30H,13-17,19H2,1-2H3/t24-/m0/s1. The fraction of sp³-hybridized carbons (Fsp3) is 0.400. The number of benzene rings is 2. The molecular formula is C25H32N4O. The number of nitrogens with zero attached hydrogens (tertiary/aromatic N) is 4. The lowest BCUT2D eigenvalue weighted by Gasteiger charge is -2.43. The molecule has 5 heteroatoms. The van der Waals surface area contributed by atoms with E-state index in [1.165, 1.54) is 5.56 Å². The second kappa shape index (κ2) is 9.56. The summed E-state index contributed by atoms with van der Waals surface area (Å²) < 4.78 is 1.99. The zero-order chi connectivity index (χ0) is 20.9. The first-order valence-electron chi connectivity index (χ1n) is 10.9. The summed E-state index contributed by atoms with van der Waals surface area (Å²) in [6.45, 7) is 8.65. The Kier molecular flexibility index (Phi) is 6.62. The molecule has 0 amide bonds.